The molecular formula is C13H19N3O4S. The lowest BCUT2D eigenvalue weighted by molar-refractivity contribution is -0.124. The summed E-state index contributed by atoms with van der Waals surface area (Å²) in [5, 5.41) is 4.07. The highest BCUT2D eigenvalue weighted by Crippen LogP contribution is 2.42. The second kappa shape index (κ2) is 4.81. The standard InChI is InChI=1S/C13H19N3O4S/c1-13(4-5-13)21(18,19)15-12(17)10-3-6-20-11(10)9-7-14-16(2)8-9/h7-8,10-11H,3-6H2,1-2H3,(H,15,17)/t10-,11+/m0/s1. The van der Waals surface area contributed by atoms with Crippen molar-refractivity contribution < 1.29 is 17.9 Å². The van der Waals surface area contributed by atoms with Gasteiger partial charge in [0.2, 0.25) is 15.9 Å². The van der Waals surface area contributed by atoms with Crippen LogP contribution in [0, 0.1) is 5.92 Å². The van der Waals surface area contributed by atoms with Crippen molar-refractivity contribution in [1.82, 2.24) is 14.5 Å². The van der Waals surface area contributed by atoms with Crippen molar-refractivity contribution in [3.8, 4) is 0 Å². The molecule has 116 valence electrons. The number of ether oxygens (including phenoxy) is 1. The summed E-state index contributed by atoms with van der Waals surface area (Å²) in [5.74, 6) is -0.971. The van der Waals surface area contributed by atoms with E-state index in [9.17, 15) is 13.2 Å². The third-order valence-electron chi connectivity index (χ3n) is 4.32. The molecule has 1 saturated heterocycles. The van der Waals surface area contributed by atoms with Crippen molar-refractivity contribution in [3.05, 3.63) is 18.0 Å². The Labute approximate surface area is 123 Å². The van der Waals surface area contributed by atoms with Crippen molar-refractivity contribution >= 4 is 15.9 Å². The molecule has 1 aromatic rings. The Morgan fingerprint density at radius 3 is 2.81 bits per heavy atom. The molecule has 21 heavy (non-hydrogen) atoms. The van der Waals surface area contributed by atoms with Gasteiger partial charge in [-0.2, -0.15) is 5.10 Å². The molecule has 2 aliphatic rings. The third kappa shape index (κ3) is 2.57. The molecule has 1 aromatic heterocycles. The lowest BCUT2D eigenvalue weighted by Crippen LogP contribution is -2.42. The first-order valence-electron chi connectivity index (χ1n) is 6.99. The van der Waals surface area contributed by atoms with E-state index in [4.69, 9.17) is 4.74 Å². The number of rotatable bonds is 4. The quantitative estimate of drug-likeness (QED) is 0.874. The monoisotopic (exact) mass is 313 g/mol. The topological polar surface area (TPSA) is 90.3 Å². The first-order chi connectivity index (χ1) is 9.82. The Morgan fingerprint density at radius 2 is 2.24 bits per heavy atom. The first kappa shape index (κ1) is 14.5. The van der Waals surface area contributed by atoms with Gasteiger partial charge in [0.1, 0.15) is 0 Å². The lowest BCUT2D eigenvalue weighted by atomic mass is 9.97. The zero-order chi connectivity index (χ0) is 15.3. The van der Waals surface area contributed by atoms with Crippen LogP contribution in [-0.4, -0.2) is 35.5 Å². The molecule has 0 unspecified atom stereocenters. The van der Waals surface area contributed by atoms with E-state index in [1.165, 1.54) is 0 Å². The van der Waals surface area contributed by atoms with E-state index in [0.29, 0.717) is 25.9 Å². The summed E-state index contributed by atoms with van der Waals surface area (Å²) in [7, 11) is -1.82. The smallest absolute Gasteiger partial charge is 0.240 e. The Morgan fingerprint density at radius 1 is 1.52 bits per heavy atom. The van der Waals surface area contributed by atoms with Gasteiger partial charge in [-0.05, 0) is 26.2 Å². The predicted molar refractivity (Wildman–Crippen MR) is 74.7 cm³/mol. The summed E-state index contributed by atoms with van der Waals surface area (Å²) in [4.78, 5) is 12.3. The van der Waals surface area contributed by atoms with Gasteiger partial charge in [0.15, 0.2) is 0 Å². The number of amides is 1. The normalized spacial score (nSPS) is 27.5. The highest BCUT2D eigenvalue weighted by atomic mass is 32.2. The molecule has 0 bridgehead atoms. The minimum atomic E-state index is -3.60. The van der Waals surface area contributed by atoms with Gasteiger partial charge in [-0.25, -0.2) is 8.42 Å². The number of hydrogen-bond acceptors (Lipinski definition) is 5. The number of hydrogen-bond donors (Lipinski definition) is 1. The van der Waals surface area contributed by atoms with Gasteiger partial charge >= 0.3 is 0 Å². The summed E-state index contributed by atoms with van der Waals surface area (Å²) in [6.45, 7) is 2.10. The van der Waals surface area contributed by atoms with Crippen molar-refractivity contribution in [2.45, 2.75) is 37.0 Å². The summed E-state index contributed by atoms with van der Waals surface area (Å²) < 4.78 is 33.0. The van der Waals surface area contributed by atoms with Gasteiger partial charge in [0.05, 0.1) is 23.0 Å². The molecule has 3 rings (SSSR count). The number of aryl methyl sites for hydroxylation is 1. The highest BCUT2D eigenvalue weighted by Gasteiger charge is 2.51. The molecule has 2 heterocycles. The first-order valence-corrected chi connectivity index (χ1v) is 8.47. The Balaban J connectivity index is 1.75. The fraction of sp³-hybridized carbons (Fsp3) is 0.692. The maximum atomic E-state index is 12.3. The van der Waals surface area contributed by atoms with Crippen LogP contribution >= 0.6 is 0 Å². The minimum Gasteiger partial charge on any atom is -0.373 e. The highest BCUT2D eigenvalue weighted by molar-refractivity contribution is 7.91. The van der Waals surface area contributed by atoms with E-state index < -0.39 is 32.7 Å². The molecule has 1 saturated carbocycles. The Kier molecular flexibility index (Phi) is 3.32. The van der Waals surface area contributed by atoms with Gasteiger partial charge in [0, 0.05) is 25.4 Å². The summed E-state index contributed by atoms with van der Waals surface area (Å²) >= 11 is 0. The van der Waals surface area contributed by atoms with Crippen LogP contribution in [0.1, 0.15) is 37.9 Å². The van der Waals surface area contributed by atoms with Crippen molar-refractivity contribution in [3.63, 3.8) is 0 Å². The fourth-order valence-electron chi connectivity index (χ4n) is 2.55. The number of aromatic nitrogens is 2. The molecule has 1 amide bonds. The van der Waals surface area contributed by atoms with Crippen molar-refractivity contribution in [2.24, 2.45) is 13.0 Å². The van der Waals surface area contributed by atoms with E-state index in [1.54, 1.807) is 31.0 Å². The predicted octanol–water partition coefficient (Wildman–Crippen LogP) is 0.496. The van der Waals surface area contributed by atoms with Gasteiger partial charge in [-0.1, -0.05) is 0 Å². The zero-order valence-corrected chi connectivity index (χ0v) is 12.9. The van der Waals surface area contributed by atoms with E-state index in [0.717, 1.165) is 5.56 Å². The maximum absolute atomic E-state index is 12.3. The summed E-state index contributed by atoms with van der Waals surface area (Å²) in [5.41, 5.74) is 0.796. The third-order valence-corrected chi connectivity index (χ3v) is 6.50. The molecule has 2 atom stereocenters. The van der Waals surface area contributed by atoms with Crippen LogP contribution in [0.15, 0.2) is 12.4 Å². The van der Waals surface area contributed by atoms with E-state index in [1.807, 2.05) is 0 Å². The molecule has 1 aliphatic carbocycles. The number of carbonyl (C=O) groups excluding carboxylic acids is 1. The van der Waals surface area contributed by atoms with E-state index >= 15 is 0 Å². The average molecular weight is 313 g/mol. The van der Waals surface area contributed by atoms with Crippen molar-refractivity contribution in [2.75, 3.05) is 6.61 Å². The summed E-state index contributed by atoms with van der Waals surface area (Å²) in [6, 6.07) is 0. The molecule has 8 heteroatoms. The summed E-state index contributed by atoms with van der Waals surface area (Å²) in [6.07, 6.45) is 4.71. The van der Waals surface area contributed by atoms with Crippen LogP contribution in [0.3, 0.4) is 0 Å². The van der Waals surface area contributed by atoms with Crippen LogP contribution in [0.25, 0.3) is 0 Å². The van der Waals surface area contributed by atoms with Crippen LogP contribution in [0.4, 0.5) is 0 Å². The molecule has 1 N–H and O–H groups in total. The Bertz CT molecular complexity index is 663. The largest absolute Gasteiger partial charge is 0.373 e. The fourth-order valence-corrected chi connectivity index (χ4v) is 3.85. The van der Waals surface area contributed by atoms with Gasteiger partial charge in [0.25, 0.3) is 0 Å². The second-order valence-electron chi connectivity index (χ2n) is 6.05. The molecule has 0 radical (unpaired) electrons. The molecular weight excluding hydrogens is 294 g/mol. The average Bonchev–Trinajstić information content (AvgIpc) is 2.87. The van der Waals surface area contributed by atoms with Crippen LogP contribution < -0.4 is 4.72 Å². The molecule has 1 aliphatic heterocycles. The molecule has 0 aromatic carbocycles. The van der Waals surface area contributed by atoms with Gasteiger partial charge in [-0.15, -0.1) is 0 Å². The van der Waals surface area contributed by atoms with E-state index in [2.05, 4.69) is 9.82 Å². The van der Waals surface area contributed by atoms with Gasteiger partial charge in [-0.3, -0.25) is 14.2 Å². The molecule has 2 fully saturated rings. The lowest BCUT2D eigenvalue weighted by Gasteiger charge is -2.18. The number of carbonyl (C=O) groups is 1. The molecule has 7 nitrogen and oxygen atoms in total. The van der Waals surface area contributed by atoms with Crippen LogP contribution in [0.5, 0.6) is 0 Å². The van der Waals surface area contributed by atoms with Crippen LogP contribution in [-0.2, 0) is 26.6 Å². The number of nitrogens with one attached hydrogen (secondary N) is 1. The van der Waals surface area contributed by atoms with E-state index in [-0.39, 0.29) is 0 Å². The van der Waals surface area contributed by atoms with Crippen LogP contribution in [0.2, 0.25) is 0 Å². The van der Waals surface area contributed by atoms with Gasteiger partial charge < -0.3 is 4.74 Å². The zero-order valence-electron chi connectivity index (χ0n) is 12.1. The number of nitrogens with zero attached hydrogens (tertiary/aromatic N) is 2. The van der Waals surface area contributed by atoms with Crippen molar-refractivity contribution in [1.29, 1.82) is 0 Å². The molecule has 0 spiro atoms. The SMILES string of the molecule is Cn1cc([C@H]2OCC[C@@H]2C(=O)NS(=O)(=O)C2(C)CC2)cn1. The number of sulfonamides is 1. The maximum Gasteiger partial charge on any atom is 0.240 e. The minimum absolute atomic E-state index is 0.430. The second-order valence-corrected chi connectivity index (χ2v) is 8.25. The Hall–Kier alpha value is -1.41.